The second-order valence-electron chi connectivity index (χ2n) is 10.9. The van der Waals surface area contributed by atoms with Crippen molar-refractivity contribution in [1.29, 1.82) is 0 Å². The number of rotatable bonds is 6. The summed E-state index contributed by atoms with van der Waals surface area (Å²) in [5.41, 5.74) is 6.37. The fourth-order valence-electron chi connectivity index (χ4n) is 5.59. The first-order valence-corrected chi connectivity index (χ1v) is 11.6. The summed E-state index contributed by atoms with van der Waals surface area (Å²) >= 11 is 0. The van der Waals surface area contributed by atoms with E-state index >= 15 is 0 Å². The number of carbonyl (C=O) groups is 2. The van der Waals surface area contributed by atoms with E-state index < -0.39 is 5.41 Å². The Morgan fingerprint density at radius 2 is 1.77 bits per heavy atom. The maximum atomic E-state index is 13.5. The van der Waals surface area contributed by atoms with E-state index in [0.29, 0.717) is 12.5 Å². The molecule has 0 radical (unpaired) electrons. The second-order valence-corrected chi connectivity index (χ2v) is 10.9. The van der Waals surface area contributed by atoms with E-state index in [1.165, 1.54) is 24.8 Å². The van der Waals surface area contributed by atoms with Crippen LogP contribution in [0.4, 0.5) is 4.79 Å². The molecule has 3 aliphatic rings. The molecule has 30 heavy (non-hydrogen) atoms. The van der Waals surface area contributed by atoms with Crippen molar-refractivity contribution >= 4 is 11.9 Å². The van der Waals surface area contributed by atoms with E-state index in [1.54, 1.807) is 0 Å². The van der Waals surface area contributed by atoms with Crippen LogP contribution in [0, 0.1) is 11.3 Å². The van der Waals surface area contributed by atoms with Gasteiger partial charge in [0.2, 0.25) is 5.91 Å². The van der Waals surface area contributed by atoms with Gasteiger partial charge in [0.1, 0.15) is 0 Å². The van der Waals surface area contributed by atoms with Crippen LogP contribution in [-0.2, 0) is 10.2 Å². The van der Waals surface area contributed by atoms with Crippen molar-refractivity contribution in [3.63, 3.8) is 0 Å². The lowest BCUT2D eigenvalue weighted by Crippen LogP contribution is -2.53. The maximum absolute atomic E-state index is 13.5. The fraction of sp³-hybridized carbons (Fsp3) is 0.680. The van der Waals surface area contributed by atoms with Gasteiger partial charge in [-0.2, -0.15) is 0 Å². The van der Waals surface area contributed by atoms with Gasteiger partial charge >= 0.3 is 6.03 Å². The number of benzene rings is 1. The molecular formula is C25H37N3O2. The molecule has 5 heteroatoms. The summed E-state index contributed by atoms with van der Waals surface area (Å²) in [6, 6.07) is 10.9. The van der Waals surface area contributed by atoms with Crippen molar-refractivity contribution in [2.24, 2.45) is 17.1 Å². The predicted octanol–water partition coefficient (Wildman–Crippen LogP) is 4.31. The zero-order valence-electron chi connectivity index (χ0n) is 18.8. The lowest BCUT2D eigenvalue weighted by molar-refractivity contribution is -0.126. The van der Waals surface area contributed by atoms with Crippen LogP contribution in [0.5, 0.6) is 0 Å². The number of nitrogens with zero attached hydrogens (tertiary/aromatic N) is 2. The van der Waals surface area contributed by atoms with Gasteiger partial charge in [-0.25, -0.2) is 4.79 Å². The summed E-state index contributed by atoms with van der Waals surface area (Å²) in [5, 5.41) is 0. The zero-order chi connectivity index (χ0) is 21.6. The Bertz CT molecular complexity index is 792. The average molecular weight is 412 g/mol. The van der Waals surface area contributed by atoms with Crippen LogP contribution in [0.25, 0.3) is 0 Å². The van der Waals surface area contributed by atoms with Crippen LogP contribution in [0.1, 0.15) is 71.3 Å². The van der Waals surface area contributed by atoms with Gasteiger partial charge in [0.25, 0.3) is 0 Å². The van der Waals surface area contributed by atoms with E-state index in [4.69, 9.17) is 5.73 Å². The molecule has 2 saturated carbocycles. The monoisotopic (exact) mass is 411 g/mol. The van der Waals surface area contributed by atoms with E-state index in [1.807, 2.05) is 18.7 Å². The van der Waals surface area contributed by atoms with Crippen molar-refractivity contribution in [2.45, 2.75) is 76.7 Å². The number of urea groups is 1. The summed E-state index contributed by atoms with van der Waals surface area (Å²) in [6.45, 7) is 8.05. The topological polar surface area (TPSA) is 66.6 Å². The molecule has 5 nitrogen and oxygen atoms in total. The number of primary amides is 1. The minimum atomic E-state index is -0.712. The third-order valence-electron chi connectivity index (χ3n) is 8.23. The summed E-state index contributed by atoms with van der Waals surface area (Å²) in [6.07, 6.45) is 7.94. The minimum Gasteiger partial charge on any atom is -0.369 e. The molecule has 1 spiro atoms. The first kappa shape index (κ1) is 21.2. The third kappa shape index (κ3) is 3.72. The second kappa shape index (κ2) is 7.58. The predicted molar refractivity (Wildman–Crippen MR) is 119 cm³/mol. The zero-order valence-corrected chi connectivity index (χ0v) is 18.8. The number of nitrogens with two attached hydrogens (primary N) is 1. The molecule has 1 aromatic carbocycles. The Balaban J connectivity index is 1.55. The Morgan fingerprint density at radius 1 is 1.13 bits per heavy atom. The van der Waals surface area contributed by atoms with Gasteiger partial charge in [-0.05, 0) is 69.3 Å². The highest BCUT2D eigenvalue weighted by molar-refractivity contribution is 5.83. The summed E-state index contributed by atoms with van der Waals surface area (Å²) in [5.74, 6) is 0.291. The van der Waals surface area contributed by atoms with Gasteiger partial charge in [-0.3, -0.25) is 4.79 Å². The largest absolute Gasteiger partial charge is 0.369 e. The number of hydrogen-bond donors (Lipinski definition) is 1. The summed E-state index contributed by atoms with van der Waals surface area (Å²) < 4.78 is 0. The standard InChI is InChI=1S/C25H37N3O2/c1-23(2,21(26)29)17-27-18-25(28(22(27)30)16-19-8-7-9-19)14-12-24(3,13-15-25)20-10-5-4-6-11-20/h4-6,10-11,19H,7-9,12-18H2,1-3H3,(H2,26,29). The van der Waals surface area contributed by atoms with Crippen molar-refractivity contribution in [3.05, 3.63) is 35.9 Å². The van der Waals surface area contributed by atoms with Crippen LogP contribution in [-0.4, -0.2) is 46.9 Å². The van der Waals surface area contributed by atoms with Crippen LogP contribution in [0.2, 0.25) is 0 Å². The Labute approximate surface area is 181 Å². The molecule has 1 aromatic rings. The quantitative estimate of drug-likeness (QED) is 0.758. The smallest absolute Gasteiger partial charge is 0.320 e. The number of hydrogen-bond acceptors (Lipinski definition) is 2. The summed E-state index contributed by atoms with van der Waals surface area (Å²) in [7, 11) is 0. The average Bonchev–Trinajstić information content (AvgIpc) is 2.92. The minimum absolute atomic E-state index is 0.102. The van der Waals surface area contributed by atoms with Crippen LogP contribution in [0.3, 0.4) is 0 Å². The highest BCUT2D eigenvalue weighted by Crippen LogP contribution is 2.48. The van der Waals surface area contributed by atoms with Crippen molar-refractivity contribution in [1.82, 2.24) is 9.80 Å². The molecule has 1 saturated heterocycles. The van der Waals surface area contributed by atoms with E-state index in [9.17, 15) is 9.59 Å². The normalized spacial score (nSPS) is 30.0. The van der Waals surface area contributed by atoms with Crippen molar-refractivity contribution in [2.75, 3.05) is 19.6 Å². The Kier molecular flexibility index (Phi) is 5.36. The van der Waals surface area contributed by atoms with Gasteiger partial charge in [0.15, 0.2) is 0 Å². The number of carbonyl (C=O) groups excluding carboxylic acids is 2. The molecule has 0 unspecified atom stereocenters. The summed E-state index contributed by atoms with van der Waals surface area (Å²) in [4.78, 5) is 29.5. The molecule has 3 fully saturated rings. The SMILES string of the molecule is CC(C)(CN1CC2(CCC(C)(c3ccccc3)CC2)N(CC2CCC2)C1=O)C(N)=O. The molecule has 2 aliphatic carbocycles. The molecule has 4 rings (SSSR count). The van der Waals surface area contributed by atoms with Crippen LogP contribution < -0.4 is 5.73 Å². The van der Waals surface area contributed by atoms with Crippen molar-refractivity contribution < 1.29 is 9.59 Å². The highest BCUT2D eigenvalue weighted by Gasteiger charge is 2.54. The molecule has 0 atom stereocenters. The molecular weight excluding hydrogens is 374 g/mol. The molecule has 1 heterocycles. The van der Waals surface area contributed by atoms with Gasteiger partial charge in [0, 0.05) is 19.6 Å². The lowest BCUT2D eigenvalue weighted by Gasteiger charge is -2.48. The Hall–Kier alpha value is -2.04. The van der Waals surface area contributed by atoms with Gasteiger partial charge < -0.3 is 15.5 Å². The molecule has 0 aromatic heterocycles. The third-order valence-corrected chi connectivity index (χ3v) is 8.23. The van der Waals surface area contributed by atoms with E-state index in [2.05, 4.69) is 42.2 Å². The van der Waals surface area contributed by atoms with Gasteiger partial charge in [-0.1, -0.05) is 43.7 Å². The van der Waals surface area contributed by atoms with E-state index in [-0.39, 0.29) is 22.9 Å². The van der Waals surface area contributed by atoms with Crippen LogP contribution >= 0.6 is 0 Å². The molecule has 2 N–H and O–H groups in total. The first-order chi connectivity index (χ1) is 14.2. The Morgan fingerprint density at radius 3 is 2.30 bits per heavy atom. The molecule has 3 amide bonds. The first-order valence-electron chi connectivity index (χ1n) is 11.6. The molecule has 1 aliphatic heterocycles. The van der Waals surface area contributed by atoms with E-state index in [0.717, 1.165) is 38.8 Å². The van der Waals surface area contributed by atoms with Crippen molar-refractivity contribution in [3.8, 4) is 0 Å². The van der Waals surface area contributed by atoms with Crippen LogP contribution in [0.15, 0.2) is 30.3 Å². The lowest BCUT2D eigenvalue weighted by atomic mass is 9.65. The maximum Gasteiger partial charge on any atom is 0.320 e. The molecule has 164 valence electrons. The highest BCUT2D eigenvalue weighted by atomic mass is 16.2. The fourth-order valence-corrected chi connectivity index (χ4v) is 5.59. The molecule has 0 bridgehead atoms. The number of amides is 3. The van der Waals surface area contributed by atoms with Gasteiger partial charge in [-0.15, -0.1) is 0 Å². The van der Waals surface area contributed by atoms with Gasteiger partial charge in [0.05, 0.1) is 11.0 Å².